The van der Waals surface area contributed by atoms with E-state index in [0.29, 0.717) is 11.1 Å². The molecule has 0 aliphatic rings. The van der Waals surface area contributed by atoms with Crippen LogP contribution in [0, 0.1) is 0 Å². The van der Waals surface area contributed by atoms with E-state index in [1.165, 1.54) is 5.56 Å². The number of amides is 1. The van der Waals surface area contributed by atoms with E-state index in [-0.39, 0.29) is 12.5 Å². The van der Waals surface area contributed by atoms with Gasteiger partial charge in [0.2, 0.25) is 11.2 Å². The number of carboxylic acids is 1. The number of rotatable bonds is 6. The Morgan fingerprint density at radius 3 is 2.18 bits per heavy atom. The molecule has 0 atom stereocenters. The molecular weight excluding hydrogens is 585 g/mol. The maximum atomic E-state index is 13.0. The van der Waals surface area contributed by atoms with Gasteiger partial charge in [-0.15, -0.1) is 0 Å². The minimum Gasteiger partial charge on any atom is -0.542 e. The highest BCUT2D eigenvalue weighted by Crippen LogP contribution is 2.32. The van der Waals surface area contributed by atoms with E-state index in [2.05, 4.69) is 73.5 Å². The summed E-state index contributed by atoms with van der Waals surface area (Å²) in [4.78, 5) is 38.6. The lowest BCUT2D eigenvalue weighted by Crippen LogP contribution is -2.47. The van der Waals surface area contributed by atoms with Gasteiger partial charge in [0.25, 0.3) is 5.91 Å². The Kier molecular flexibility index (Phi) is 9.05. The summed E-state index contributed by atoms with van der Waals surface area (Å²) in [6, 6.07) is 28.2. The highest BCUT2D eigenvalue weighted by molar-refractivity contribution is 5.97. The highest BCUT2D eigenvalue weighted by atomic mass is 19.4. The molecule has 0 spiro atoms. The van der Waals surface area contributed by atoms with Gasteiger partial charge >= 0.3 is 6.18 Å². The number of nitrogens with zero attached hydrogens (tertiary/aromatic N) is 3. The molecule has 0 aliphatic heterocycles. The number of quaternary nitrogens is 1. The first-order chi connectivity index (χ1) is 21.6. The van der Waals surface area contributed by atoms with E-state index >= 15 is 0 Å². The highest BCUT2D eigenvalue weighted by Gasteiger charge is 2.28. The number of halogens is 3. The number of H-pyrrole nitrogens is 1. The van der Waals surface area contributed by atoms with Gasteiger partial charge in [-0.25, -0.2) is 4.98 Å². The number of carbonyl (C=O) groups excluding carboxylic acids is 2. The van der Waals surface area contributed by atoms with Crippen LogP contribution in [0.5, 0.6) is 0 Å². The number of aliphatic carboxylic acids is 1. The van der Waals surface area contributed by atoms with E-state index in [1.54, 1.807) is 36.8 Å². The van der Waals surface area contributed by atoms with E-state index in [0.717, 1.165) is 51.0 Å². The molecule has 0 saturated carbocycles. The summed E-state index contributed by atoms with van der Waals surface area (Å²) >= 11 is 0. The van der Waals surface area contributed by atoms with E-state index in [1.807, 2.05) is 24.3 Å². The average molecular weight is 612 g/mol. The third-order valence-electron chi connectivity index (χ3n) is 6.89. The molecule has 3 aromatic carbocycles. The minimum atomic E-state index is -5.19. The first-order valence-corrected chi connectivity index (χ1v) is 13.7. The smallest absolute Gasteiger partial charge is 0.430 e. The number of benzene rings is 3. The third-order valence-corrected chi connectivity index (χ3v) is 6.89. The van der Waals surface area contributed by atoms with Gasteiger partial charge < -0.3 is 21.0 Å². The normalized spacial score (nSPS) is 11.1. The van der Waals surface area contributed by atoms with Crippen molar-refractivity contribution in [1.29, 1.82) is 0 Å². The number of aromatic nitrogens is 4. The van der Waals surface area contributed by atoms with Crippen molar-refractivity contribution in [3.05, 3.63) is 120 Å². The van der Waals surface area contributed by atoms with Gasteiger partial charge in [0.05, 0.1) is 40.8 Å². The van der Waals surface area contributed by atoms with Crippen molar-refractivity contribution >= 4 is 33.8 Å². The Labute approximate surface area is 254 Å². The summed E-state index contributed by atoms with van der Waals surface area (Å²) in [6.45, 7) is 1.04. The molecule has 6 aromatic rings. The molecule has 0 bridgehead atoms. The fraction of sp³-hybridized carbons (Fsp3) is 0.0909. The van der Waals surface area contributed by atoms with Crippen LogP contribution in [-0.2, 0) is 17.9 Å². The number of fused-ring (bicyclic) bond motifs is 2. The Hall–Kier alpha value is -5.75. The van der Waals surface area contributed by atoms with Crippen molar-refractivity contribution in [1.82, 2.24) is 20.3 Å². The molecule has 9 nitrogen and oxygen atoms in total. The van der Waals surface area contributed by atoms with Crippen LogP contribution in [0.1, 0.15) is 21.6 Å². The Balaban J connectivity index is 0.000000515. The standard InChI is InChI=1S/C31H24N6O.C2HF3O2/c32-18-20-6-8-22(9-7-20)30-24(21-4-2-1-3-5-21)17-25-26(37-30)12-13-33-29(25)19-36-31(38)23-10-11-27-28(16-23)35-15-14-34-27;3-2(4,5)1(6)7/h1-17H,18-19,32H2,(H,36,38);(H,6,7)/p+1. The molecule has 5 N–H and O–H groups in total. The van der Waals surface area contributed by atoms with Gasteiger partial charge in [-0.3, -0.25) is 19.7 Å². The fourth-order valence-corrected chi connectivity index (χ4v) is 4.63. The summed E-state index contributed by atoms with van der Waals surface area (Å²) < 4.78 is 31.5. The van der Waals surface area contributed by atoms with Crippen LogP contribution in [0.4, 0.5) is 13.2 Å². The van der Waals surface area contributed by atoms with Gasteiger partial charge in [0.15, 0.2) is 0 Å². The van der Waals surface area contributed by atoms with Crippen molar-refractivity contribution < 1.29 is 38.6 Å². The molecule has 3 aromatic heterocycles. The largest absolute Gasteiger partial charge is 0.542 e. The van der Waals surface area contributed by atoms with Crippen molar-refractivity contribution in [3.8, 4) is 22.4 Å². The Morgan fingerprint density at radius 2 is 1.51 bits per heavy atom. The van der Waals surface area contributed by atoms with E-state index < -0.39 is 12.1 Å². The number of carbonyl (C=O) groups is 2. The number of carboxylic acid groups (broad SMARTS) is 1. The summed E-state index contributed by atoms with van der Waals surface area (Å²) in [6.07, 6.45) is -0.170. The van der Waals surface area contributed by atoms with Crippen LogP contribution in [0.3, 0.4) is 0 Å². The topological polar surface area (TPSA) is 150 Å². The molecule has 1 amide bonds. The van der Waals surface area contributed by atoms with Crippen molar-refractivity contribution in [2.75, 3.05) is 0 Å². The third kappa shape index (κ3) is 7.25. The van der Waals surface area contributed by atoms with E-state index in [4.69, 9.17) is 9.90 Å². The lowest BCUT2D eigenvalue weighted by atomic mass is 9.96. The molecule has 45 heavy (non-hydrogen) atoms. The maximum absolute atomic E-state index is 13.0. The van der Waals surface area contributed by atoms with Gasteiger partial charge in [-0.1, -0.05) is 42.5 Å². The molecule has 0 radical (unpaired) electrons. The van der Waals surface area contributed by atoms with Crippen molar-refractivity contribution in [2.45, 2.75) is 19.3 Å². The maximum Gasteiger partial charge on any atom is 0.430 e. The zero-order valence-electron chi connectivity index (χ0n) is 23.6. The molecule has 0 fully saturated rings. The minimum absolute atomic E-state index is 0.189. The number of hydrogen-bond donors (Lipinski definition) is 2. The fourth-order valence-electron chi connectivity index (χ4n) is 4.63. The SMILES string of the molecule is O=C([O-])C(F)(F)F.[NH3+]Cc1ccc(-c2[nH+]c3ccnc(CNC(=O)c4ccc5nccnc5c4)c3cc2-c2ccccc2)cc1. The Morgan fingerprint density at radius 1 is 0.822 bits per heavy atom. The molecule has 6 rings (SSSR count). The van der Waals surface area contributed by atoms with E-state index in [9.17, 15) is 18.0 Å². The first-order valence-electron chi connectivity index (χ1n) is 13.7. The number of hydrogen-bond acceptors (Lipinski definition) is 6. The van der Waals surface area contributed by atoms with Crippen LogP contribution in [0.25, 0.3) is 44.3 Å². The van der Waals surface area contributed by atoms with Crippen molar-refractivity contribution in [3.63, 3.8) is 0 Å². The zero-order valence-corrected chi connectivity index (χ0v) is 23.6. The molecule has 0 aliphatic carbocycles. The van der Waals surface area contributed by atoms with Gasteiger partial charge in [-0.2, -0.15) is 13.2 Å². The monoisotopic (exact) mass is 611 g/mol. The second kappa shape index (κ2) is 13.3. The summed E-state index contributed by atoms with van der Waals surface area (Å²) in [5.74, 6) is -3.20. The summed E-state index contributed by atoms with van der Waals surface area (Å²) in [5, 5.41) is 12.8. The van der Waals surface area contributed by atoms with Crippen LogP contribution in [0.2, 0.25) is 0 Å². The molecule has 0 saturated heterocycles. The van der Waals surface area contributed by atoms with Crippen LogP contribution >= 0.6 is 0 Å². The first kappa shape index (κ1) is 30.7. The second-order valence-electron chi connectivity index (χ2n) is 9.82. The summed E-state index contributed by atoms with van der Waals surface area (Å²) in [7, 11) is 0. The number of alkyl halides is 3. The lowest BCUT2D eigenvalue weighted by Gasteiger charge is -2.10. The average Bonchev–Trinajstić information content (AvgIpc) is 3.06. The predicted octanol–water partition coefficient (Wildman–Crippen LogP) is 3.30. The molecule has 0 unspecified atom stereocenters. The van der Waals surface area contributed by atoms with Crippen LogP contribution in [0.15, 0.2) is 104 Å². The second-order valence-corrected chi connectivity index (χ2v) is 9.82. The van der Waals surface area contributed by atoms with Crippen LogP contribution in [-0.4, -0.2) is 33.0 Å². The number of pyridine rings is 2. The molecule has 3 heterocycles. The predicted molar refractivity (Wildman–Crippen MR) is 158 cm³/mol. The molecule has 12 heteroatoms. The molecule has 226 valence electrons. The Bertz CT molecular complexity index is 1980. The van der Waals surface area contributed by atoms with Gasteiger partial charge in [0.1, 0.15) is 5.97 Å². The van der Waals surface area contributed by atoms with Gasteiger partial charge in [-0.05, 0) is 42.0 Å². The summed E-state index contributed by atoms with van der Waals surface area (Å²) in [5.41, 5.74) is 13.1. The van der Waals surface area contributed by atoms with Crippen LogP contribution < -0.4 is 21.1 Å². The molecular formula is C33H26F3N6O3+. The lowest BCUT2D eigenvalue weighted by molar-refractivity contribution is -0.386. The quantitative estimate of drug-likeness (QED) is 0.295. The zero-order chi connectivity index (χ0) is 32.0. The number of nitrogens with one attached hydrogen (secondary N) is 2. The van der Waals surface area contributed by atoms with Crippen molar-refractivity contribution in [2.24, 2.45) is 0 Å². The number of aromatic amines is 1. The van der Waals surface area contributed by atoms with Gasteiger partial charge in [0, 0.05) is 41.3 Å².